The Morgan fingerprint density at radius 2 is 0.808 bits per heavy atom. The van der Waals surface area contributed by atoms with Crippen LogP contribution in [-0.4, -0.2) is 49.1 Å². The number of alkyl halides is 12. The predicted molar refractivity (Wildman–Crippen MR) is 55.3 cm³/mol. The first kappa shape index (κ1) is 21.7. The molecule has 0 bridgehead atoms. The summed E-state index contributed by atoms with van der Waals surface area (Å²) in [6.07, 6.45) is -29.3. The summed E-state index contributed by atoms with van der Waals surface area (Å²) in [6.45, 7) is -1.68. The maximum atomic E-state index is 13.2. The van der Waals surface area contributed by atoms with Gasteiger partial charge in [-0.25, -0.2) is 0 Å². The molecular formula is C9H6F12O4P+. The highest BCUT2D eigenvalue weighted by Crippen LogP contribution is 2.83. The molecule has 2 fully saturated rings. The van der Waals surface area contributed by atoms with E-state index in [0.717, 1.165) is 0 Å². The van der Waals surface area contributed by atoms with Crippen molar-refractivity contribution in [3.05, 3.63) is 0 Å². The maximum Gasteiger partial charge on any atom is 0.577 e. The topological polar surface area (TPSA) is 36.9 Å². The summed E-state index contributed by atoms with van der Waals surface area (Å²) in [7, 11) is -5.75. The molecule has 0 N–H and O–H groups in total. The maximum absolute atomic E-state index is 13.2. The molecule has 4 nitrogen and oxygen atoms in total. The fourth-order valence-corrected chi connectivity index (χ4v) is 4.73. The van der Waals surface area contributed by atoms with Crippen LogP contribution in [0.25, 0.3) is 0 Å². The van der Waals surface area contributed by atoms with Gasteiger partial charge in [-0.1, -0.05) is 0 Å². The van der Waals surface area contributed by atoms with E-state index in [0.29, 0.717) is 0 Å². The Hall–Kier alpha value is -0.570. The molecule has 26 heavy (non-hydrogen) atoms. The van der Waals surface area contributed by atoms with Crippen LogP contribution in [0.4, 0.5) is 52.7 Å². The molecule has 0 amide bonds. The van der Waals surface area contributed by atoms with E-state index in [1.165, 1.54) is 0 Å². The lowest BCUT2D eigenvalue weighted by Crippen LogP contribution is -2.79. The van der Waals surface area contributed by atoms with Gasteiger partial charge in [-0.05, 0) is 0 Å². The SMILES string of the molecule is FC(F)(F)C1(C(F)(F)F)O[P+]2(OCCCO2)OC1(C(F)(F)F)C(F)(F)F. The third-order valence-corrected chi connectivity index (χ3v) is 5.37. The lowest BCUT2D eigenvalue weighted by molar-refractivity contribution is -0.464. The van der Waals surface area contributed by atoms with Gasteiger partial charge in [-0.2, -0.15) is 61.7 Å². The van der Waals surface area contributed by atoms with Gasteiger partial charge in [-0.15, -0.1) is 9.05 Å². The minimum absolute atomic E-state index is 0.245. The molecule has 2 saturated heterocycles. The number of halogens is 12. The Balaban J connectivity index is 2.91. The van der Waals surface area contributed by atoms with Crippen molar-refractivity contribution < 1.29 is 70.8 Å². The highest BCUT2D eigenvalue weighted by molar-refractivity contribution is 7.56. The second kappa shape index (κ2) is 5.72. The Labute approximate surface area is 136 Å². The van der Waals surface area contributed by atoms with Crippen LogP contribution in [0, 0.1) is 0 Å². The van der Waals surface area contributed by atoms with Gasteiger partial charge in [0.1, 0.15) is 13.2 Å². The standard InChI is InChI=1S/C9H6F12O4P/c10-6(11,12)4(7(13,14)15)5(8(16,17)18,9(19,20)21)25-26(24-4)22-2-1-3-23-26/h1-3H2/q+1. The summed E-state index contributed by atoms with van der Waals surface area (Å²) in [4.78, 5) is 0. The third-order valence-electron chi connectivity index (χ3n) is 3.38. The van der Waals surface area contributed by atoms with E-state index in [-0.39, 0.29) is 6.42 Å². The zero-order chi connectivity index (χ0) is 20.4. The number of hydrogen-bond donors (Lipinski definition) is 0. The Bertz CT molecular complexity index is 473. The Morgan fingerprint density at radius 1 is 0.538 bits per heavy atom. The second-order valence-electron chi connectivity index (χ2n) is 5.00. The fraction of sp³-hybridized carbons (Fsp3) is 1.00. The van der Waals surface area contributed by atoms with Crippen LogP contribution in [0.1, 0.15) is 6.42 Å². The van der Waals surface area contributed by atoms with Crippen molar-refractivity contribution in [2.24, 2.45) is 0 Å². The lowest BCUT2D eigenvalue weighted by Gasteiger charge is -2.41. The van der Waals surface area contributed by atoms with Crippen molar-refractivity contribution in [2.45, 2.75) is 42.3 Å². The van der Waals surface area contributed by atoms with Crippen LogP contribution in [0.15, 0.2) is 0 Å². The van der Waals surface area contributed by atoms with Gasteiger partial charge >= 0.3 is 44.1 Å². The third kappa shape index (κ3) is 2.67. The van der Waals surface area contributed by atoms with E-state index >= 15 is 0 Å². The van der Waals surface area contributed by atoms with Gasteiger partial charge < -0.3 is 0 Å². The minimum atomic E-state index is -7.26. The van der Waals surface area contributed by atoms with Gasteiger partial charge in [0.2, 0.25) is 0 Å². The van der Waals surface area contributed by atoms with Gasteiger partial charge in [-0.3, -0.25) is 0 Å². The Kier molecular flexibility index (Phi) is 4.78. The van der Waals surface area contributed by atoms with Crippen LogP contribution in [0.3, 0.4) is 0 Å². The first-order chi connectivity index (χ1) is 11.4. The summed E-state index contributed by atoms with van der Waals surface area (Å²) in [5.74, 6) is 0. The van der Waals surface area contributed by atoms with Crippen LogP contribution in [0.2, 0.25) is 0 Å². The summed E-state index contributed by atoms with van der Waals surface area (Å²) in [5, 5.41) is 0. The molecule has 1 spiro atoms. The molecule has 0 unspecified atom stereocenters. The lowest BCUT2D eigenvalue weighted by atomic mass is 9.79. The summed E-state index contributed by atoms with van der Waals surface area (Å²) >= 11 is 0. The smallest absolute Gasteiger partial charge is 0.167 e. The largest absolute Gasteiger partial charge is 0.577 e. The monoisotopic (exact) mass is 437 g/mol. The first-order valence-corrected chi connectivity index (χ1v) is 7.69. The van der Waals surface area contributed by atoms with Gasteiger partial charge in [0.15, 0.2) is 0 Å². The van der Waals surface area contributed by atoms with E-state index in [2.05, 4.69) is 18.1 Å². The van der Waals surface area contributed by atoms with Crippen molar-refractivity contribution in [1.82, 2.24) is 0 Å². The molecule has 154 valence electrons. The normalized spacial score (nSPS) is 26.3. The van der Waals surface area contributed by atoms with Gasteiger partial charge in [0.05, 0.1) is 0 Å². The summed E-state index contributed by atoms with van der Waals surface area (Å²) < 4.78 is 173. The molecular weight excluding hydrogens is 431 g/mol. The molecule has 2 aliphatic rings. The van der Waals surface area contributed by atoms with Crippen LogP contribution in [-0.2, 0) is 18.1 Å². The zero-order valence-corrected chi connectivity index (χ0v) is 12.6. The first-order valence-electron chi connectivity index (χ1n) is 6.23. The van der Waals surface area contributed by atoms with Crippen LogP contribution in [0.5, 0.6) is 0 Å². The van der Waals surface area contributed by atoms with E-state index in [4.69, 9.17) is 0 Å². The molecule has 2 rings (SSSR count). The summed E-state index contributed by atoms with van der Waals surface area (Å²) in [5.41, 5.74) is -13.7. The van der Waals surface area contributed by atoms with Crippen molar-refractivity contribution in [3.8, 4) is 0 Å². The molecule has 0 radical (unpaired) electrons. The molecule has 17 heteroatoms. The molecule has 0 saturated carbocycles. The van der Waals surface area contributed by atoms with Gasteiger partial charge in [0.25, 0.3) is 0 Å². The number of rotatable bonds is 0. The van der Waals surface area contributed by atoms with Crippen LogP contribution >= 0.6 is 8.17 Å². The fourth-order valence-electron chi connectivity index (χ4n) is 2.36. The Morgan fingerprint density at radius 3 is 1.04 bits per heavy atom. The quantitative estimate of drug-likeness (QED) is 0.400. The molecule has 0 atom stereocenters. The molecule has 0 aromatic heterocycles. The van der Waals surface area contributed by atoms with E-state index in [1.807, 2.05) is 0 Å². The van der Waals surface area contributed by atoms with E-state index in [9.17, 15) is 52.7 Å². The molecule has 2 heterocycles. The van der Waals surface area contributed by atoms with Crippen molar-refractivity contribution in [2.75, 3.05) is 13.2 Å². The zero-order valence-electron chi connectivity index (χ0n) is 11.7. The van der Waals surface area contributed by atoms with E-state index in [1.54, 1.807) is 0 Å². The highest BCUT2D eigenvalue weighted by Gasteiger charge is 3.06. The average molecular weight is 437 g/mol. The molecule has 0 aromatic carbocycles. The predicted octanol–water partition coefficient (Wildman–Crippen LogP) is 4.87. The average Bonchev–Trinajstić information content (AvgIpc) is 2.71. The molecule has 2 aliphatic heterocycles. The van der Waals surface area contributed by atoms with Crippen molar-refractivity contribution in [3.63, 3.8) is 0 Å². The van der Waals surface area contributed by atoms with E-state index < -0.39 is 57.3 Å². The highest BCUT2D eigenvalue weighted by atomic mass is 31.2. The second-order valence-corrected chi connectivity index (χ2v) is 6.78. The molecule has 0 aromatic rings. The van der Waals surface area contributed by atoms with Gasteiger partial charge in [0, 0.05) is 6.42 Å². The van der Waals surface area contributed by atoms with Crippen LogP contribution < -0.4 is 0 Å². The van der Waals surface area contributed by atoms with Crippen molar-refractivity contribution in [1.29, 1.82) is 0 Å². The number of hydrogen-bond acceptors (Lipinski definition) is 4. The molecule has 0 aliphatic carbocycles. The summed E-state index contributed by atoms with van der Waals surface area (Å²) in [6, 6.07) is 0. The van der Waals surface area contributed by atoms with Crippen molar-refractivity contribution >= 4 is 8.17 Å². The minimum Gasteiger partial charge on any atom is -0.167 e.